The quantitative estimate of drug-likeness (QED) is 0.358. The molecule has 0 amide bonds. The topological polar surface area (TPSA) is 80.7 Å². The van der Waals surface area contributed by atoms with E-state index in [1.54, 1.807) is 19.2 Å². The molecule has 6 nitrogen and oxygen atoms in total. The Labute approximate surface area is 183 Å². The Bertz CT molecular complexity index is 1240. The smallest absolute Gasteiger partial charge is 0.336 e. The lowest BCUT2D eigenvalue weighted by molar-refractivity contribution is 0.0698. The van der Waals surface area contributed by atoms with Crippen LogP contribution in [-0.4, -0.2) is 30.3 Å². The van der Waals surface area contributed by atoms with Gasteiger partial charge in [0.1, 0.15) is 10.8 Å². The van der Waals surface area contributed by atoms with Crippen LogP contribution in [0, 0.1) is 0 Å². The summed E-state index contributed by atoms with van der Waals surface area (Å²) in [6.07, 6.45) is 0. The van der Waals surface area contributed by atoms with Gasteiger partial charge in [0, 0.05) is 22.1 Å². The van der Waals surface area contributed by atoms with E-state index in [2.05, 4.69) is 5.48 Å². The Morgan fingerprint density at radius 1 is 0.968 bits per heavy atom. The van der Waals surface area contributed by atoms with Crippen LogP contribution in [0.3, 0.4) is 0 Å². The molecule has 0 saturated carbocycles. The van der Waals surface area contributed by atoms with E-state index in [1.807, 2.05) is 60.0 Å². The number of carboxylic acids is 1. The number of ether oxygens (including phenoxy) is 1. The van der Waals surface area contributed by atoms with Gasteiger partial charge in [-0.2, -0.15) is 0 Å². The first-order chi connectivity index (χ1) is 15.1. The highest BCUT2D eigenvalue weighted by atomic mass is 32.1. The zero-order valence-electron chi connectivity index (χ0n) is 17.0. The third-order valence-electron chi connectivity index (χ3n) is 4.81. The molecule has 0 radical (unpaired) electrons. The molecule has 3 aromatic carbocycles. The van der Waals surface area contributed by atoms with Gasteiger partial charge in [0.2, 0.25) is 0 Å². The number of rotatable bonds is 7. The van der Waals surface area contributed by atoms with Crippen molar-refractivity contribution in [3.05, 3.63) is 77.7 Å². The molecular formula is C24H20N2O4S. The van der Waals surface area contributed by atoms with Gasteiger partial charge in [-0.05, 0) is 29.8 Å². The number of carbonyl (C=O) groups is 1. The zero-order valence-corrected chi connectivity index (χ0v) is 17.8. The SMILES string of the molecule is CONc1ccccc1-c1ccc(-c2nc(-c3ccccc3OC)cs2)cc1C(=O)O. The standard InChI is InChI=1S/C24H20N2O4S/c1-29-22-10-6-4-8-18(22)21-14-31-23(25-21)15-11-12-16(19(13-15)24(27)28)17-7-3-5-9-20(17)26-30-2/h3-14,26H,1-2H3,(H,27,28). The number of anilines is 1. The summed E-state index contributed by atoms with van der Waals surface area (Å²) in [5.74, 6) is -0.270. The lowest BCUT2D eigenvalue weighted by atomic mass is 9.96. The average molecular weight is 433 g/mol. The van der Waals surface area contributed by atoms with E-state index in [0.29, 0.717) is 11.3 Å². The van der Waals surface area contributed by atoms with Crippen LogP contribution in [-0.2, 0) is 4.84 Å². The van der Waals surface area contributed by atoms with E-state index < -0.39 is 5.97 Å². The van der Waals surface area contributed by atoms with Crippen molar-refractivity contribution in [1.82, 2.24) is 4.98 Å². The molecule has 0 bridgehead atoms. The predicted molar refractivity (Wildman–Crippen MR) is 123 cm³/mol. The molecule has 0 saturated heterocycles. The summed E-state index contributed by atoms with van der Waals surface area (Å²) >= 11 is 1.46. The highest BCUT2D eigenvalue weighted by molar-refractivity contribution is 7.13. The molecule has 0 aliphatic carbocycles. The van der Waals surface area contributed by atoms with Crippen LogP contribution in [0.4, 0.5) is 5.69 Å². The molecule has 4 aromatic rings. The molecule has 1 aromatic heterocycles. The van der Waals surface area contributed by atoms with Crippen LogP contribution < -0.4 is 10.2 Å². The van der Waals surface area contributed by atoms with Crippen molar-refractivity contribution in [3.8, 4) is 38.7 Å². The van der Waals surface area contributed by atoms with E-state index in [1.165, 1.54) is 18.4 Å². The number of benzene rings is 3. The number of methoxy groups -OCH3 is 1. The second-order valence-electron chi connectivity index (χ2n) is 6.66. The van der Waals surface area contributed by atoms with Crippen molar-refractivity contribution >= 4 is 23.0 Å². The van der Waals surface area contributed by atoms with Crippen LogP contribution >= 0.6 is 11.3 Å². The molecule has 0 aliphatic rings. The third-order valence-corrected chi connectivity index (χ3v) is 5.70. The van der Waals surface area contributed by atoms with E-state index in [-0.39, 0.29) is 5.56 Å². The molecule has 0 atom stereocenters. The molecular weight excluding hydrogens is 412 g/mol. The molecule has 0 fully saturated rings. The molecule has 0 spiro atoms. The monoisotopic (exact) mass is 432 g/mol. The summed E-state index contributed by atoms with van der Waals surface area (Å²) < 4.78 is 5.43. The molecule has 4 rings (SSSR count). The first-order valence-corrected chi connectivity index (χ1v) is 10.4. The van der Waals surface area contributed by atoms with Crippen LogP contribution in [0.2, 0.25) is 0 Å². The molecule has 1 heterocycles. The van der Waals surface area contributed by atoms with Gasteiger partial charge in [-0.15, -0.1) is 11.3 Å². The number of carboxylic acid groups (broad SMARTS) is 1. The highest BCUT2D eigenvalue weighted by Gasteiger charge is 2.18. The zero-order chi connectivity index (χ0) is 21.8. The van der Waals surface area contributed by atoms with Crippen LogP contribution in [0.15, 0.2) is 72.1 Å². The second-order valence-corrected chi connectivity index (χ2v) is 7.51. The Hall–Kier alpha value is -3.68. The van der Waals surface area contributed by atoms with E-state index in [4.69, 9.17) is 14.6 Å². The van der Waals surface area contributed by atoms with E-state index in [9.17, 15) is 9.90 Å². The number of thiazole rings is 1. The van der Waals surface area contributed by atoms with E-state index >= 15 is 0 Å². The maximum atomic E-state index is 12.1. The summed E-state index contributed by atoms with van der Waals surface area (Å²) in [6, 6.07) is 20.4. The van der Waals surface area contributed by atoms with Crippen LogP contribution in [0.25, 0.3) is 33.0 Å². The Morgan fingerprint density at radius 3 is 2.45 bits per heavy atom. The first-order valence-electron chi connectivity index (χ1n) is 9.47. The van der Waals surface area contributed by atoms with Crippen molar-refractivity contribution in [2.45, 2.75) is 0 Å². The number of nitrogens with zero attached hydrogens (tertiary/aromatic N) is 1. The van der Waals surface area contributed by atoms with Gasteiger partial charge in [-0.1, -0.05) is 42.5 Å². The average Bonchev–Trinajstić information content (AvgIpc) is 3.29. The molecule has 0 aliphatic heterocycles. The van der Waals surface area contributed by atoms with Crippen LogP contribution in [0.1, 0.15) is 10.4 Å². The van der Waals surface area contributed by atoms with Crippen molar-refractivity contribution in [3.63, 3.8) is 0 Å². The largest absolute Gasteiger partial charge is 0.496 e. The number of aromatic nitrogens is 1. The number of para-hydroxylation sites is 2. The minimum Gasteiger partial charge on any atom is -0.496 e. The van der Waals surface area contributed by atoms with Gasteiger partial charge in [0.15, 0.2) is 0 Å². The number of hydrogen-bond donors (Lipinski definition) is 2. The van der Waals surface area contributed by atoms with Gasteiger partial charge in [0.25, 0.3) is 0 Å². The van der Waals surface area contributed by atoms with Gasteiger partial charge >= 0.3 is 5.97 Å². The summed E-state index contributed by atoms with van der Waals surface area (Å²) in [5.41, 5.74) is 7.43. The molecule has 31 heavy (non-hydrogen) atoms. The Morgan fingerprint density at radius 2 is 1.71 bits per heavy atom. The summed E-state index contributed by atoms with van der Waals surface area (Å²) in [4.78, 5) is 21.8. The molecule has 156 valence electrons. The Balaban J connectivity index is 1.76. The maximum Gasteiger partial charge on any atom is 0.336 e. The van der Waals surface area contributed by atoms with Gasteiger partial charge in [0.05, 0.1) is 31.2 Å². The van der Waals surface area contributed by atoms with Crippen molar-refractivity contribution in [1.29, 1.82) is 0 Å². The molecule has 7 heteroatoms. The summed E-state index contributed by atoms with van der Waals surface area (Å²) in [6.45, 7) is 0. The maximum absolute atomic E-state index is 12.1. The van der Waals surface area contributed by atoms with Gasteiger partial charge < -0.3 is 9.84 Å². The fourth-order valence-corrected chi connectivity index (χ4v) is 4.21. The molecule has 0 unspecified atom stereocenters. The highest BCUT2D eigenvalue weighted by Crippen LogP contribution is 2.37. The first kappa shape index (κ1) is 20.6. The van der Waals surface area contributed by atoms with Crippen molar-refractivity contribution in [2.24, 2.45) is 0 Å². The predicted octanol–water partition coefficient (Wildman–Crippen LogP) is 5.82. The second kappa shape index (κ2) is 8.99. The number of nitrogens with one attached hydrogen (secondary N) is 1. The third kappa shape index (κ3) is 4.14. The summed E-state index contributed by atoms with van der Waals surface area (Å²) in [5, 5.41) is 12.6. The minimum atomic E-state index is -1.01. The minimum absolute atomic E-state index is 0.192. The fraction of sp³-hybridized carbons (Fsp3) is 0.0833. The summed E-state index contributed by atoms with van der Waals surface area (Å²) in [7, 11) is 3.14. The molecule has 2 N–H and O–H groups in total. The van der Waals surface area contributed by atoms with Gasteiger partial charge in [-0.25, -0.2) is 9.78 Å². The van der Waals surface area contributed by atoms with Crippen molar-refractivity contribution in [2.75, 3.05) is 19.7 Å². The fourth-order valence-electron chi connectivity index (χ4n) is 3.39. The lowest BCUT2D eigenvalue weighted by Crippen LogP contribution is -2.03. The van der Waals surface area contributed by atoms with E-state index in [0.717, 1.165) is 33.1 Å². The Kier molecular flexibility index (Phi) is 5.97. The van der Waals surface area contributed by atoms with Gasteiger partial charge in [-0.3, -0.25) is 10.3 Å². The van der Waals surface area contributed by atoms with Crippen molar-refractivity contribution < 1.29 is 19.5 Å². The number of aromatic carboxylic acids is 1. The number of hydrogen-bond acceptors (Lipinski definition) is 6. The van der Waals surface area contributed by atoms with Crippen LogP contribution in [0.5, 0.6) is 5.75 Å². The normalized spacial score (nSPS) is 10.6. The lowest BCUT2D eigenvalue weighted by Gasteiger charge is -2.13.